The van der Waals surface area contributed by atoms with Crippen LogP contribution in [0.5, 0.6) is 0 Å². The molecule has 0 unspecified atom stereocenters. The number of carbonyl (C=O) groups is 1. The van der Waals surface area contributed by atoms with Crippen LogP contribution in [0.3, 0.4) is 0 Å². The average Bonchev–Trinajstić information content (AvgIpc) is 2.23. The van der Waals surface area contributed by atoms with E-state index in [9.17, 15) is 4.79 Å². The SMILES string of the molecule is CC1(C)CC(C)(C)CC2(CNC(=O)C2)C1. The molecule has 1 spiro atoms. The van der Waals surface area contributed by atoms with Gasteiger partial charge in [0.2, 0.25) is 5.91 Å². The van der Waals surface area contributed by atoms with Gasteiger partial charge in [0.15, 0.2) is 0 Å². The molecule has 15 heavy (non-hydrogen) atoms. The lowest BCUT2D eigenvalue weighted by molar-refractivity contribution is -0.120. The first-order chi connectivity index (χ1) is 6.72. The molecule has 0 aromatic heterocycles. The van der Waals surface area contributed by atoms with Gasteiger partial charge in [-0.25, -0.2) is 0 Å². The zero-order chi connectivity index (χ0) is 11.3. The summed E-state index contributed by atoms with van der Waals surface area (Å²) in [6.45, 7) is 10.3. The van der Waals surface area contributed by atoms with Gasteiger partial charge in [-0.3, -0.25) is 4.79 Å². The molecular weight excluding hydrogens is 186 g/mol. The minimum Gasteiger partial charge on any atom is -0.356 e. The van der Waals surface area contributed by atoms with Gasteiger partial charge in [-0.15, -0.1) is 0 Å². The maximum Gasteiger partial charge on any atom is 0.220 e. The van der Waals surface area contributed by atoms with Crippen LogP contribution in [0.15, 0.2) is 0 Å². The number of carbonyl (C=O) groups excluding carboxylic acids is 1. The van der Waals surface area contributed by atoms with Crippen LogP contribution in [0.4, 0.5) is 0 Å². The maximum atomic E-state index is 11.4. The van der Waals surface area contributed by atoms with Crippen molar-refractivity contribution in [2.45, 2.75) is 53.4 Å². The largest absolute Gasteiger partial charge is 0.356 e. The van der Waals surface area contributed by atoms with Crippen LogP contribution in [0, 0.1) is 16.2 Å². The van der Waals surface area contributed by atoms with Crippen molar-refractivity contribution in [1.29, 1.82) is 0 Å². The Hall–Kier alpha value is -0.530. The van der Waals surface area contributed by atoms with Crippen LogP contribution < -0.4 is 5.32 Å². The van der Waals surface area contributed by atoms with Gasteiger partial charge < -0.3 is 5.32 Å². The van der Waals surface area contributed by atoms with Crippen molar-refractivity contribution in [2.24, 2.45) is 16.2 Å². The standard InChI is InChI=1S/C13H23NO/c1-11(2)6-12(3,4)8-13(7-11)5-10(15)14-9-13/h5-9H2,1-4H3,(H,14,15). The third-order valence-corrected chi connectivity index (χ3v) is 3.86. The first-order valence-electron chi connectivity index (χ1n) is 5.99. The van der Waals surface area contributed by atoms with Crippen LogP contribution in [0.1, 0.15) is 53.4 Å². The fraction of sp³-hybridized carbons (Fsp3) is 0.923. The summed E-state index contributed by atoms with van der Waals surface area (Å²) in [7, 11) is 0. The van der Waals surface area contributed by atoms with Crippen LogP contribution in [-0.2, 0) is 4.79 Å². The van der Waals surface area contributed by atoms with Gasteiger partial charge in [-0.05, 0) is 35.5 Å². The Morgan fingerprint density at radius 3 is 1.93 bits per heavy atom. The Bertz CT molecular complexity index is 275. The van der Waals surface area contributed by atoms with Crippen molar-refractivity contribution in [1.82, 2.24) is 5.32 Å². The van der Waals surface area contributed by atoms with E-state index in [-0.39, 0.29) is 11.3 Å². The van der Waals surface area contributed by atoms with Crippen LogP contribution in [-0.4, -0.2) is 12.5 Å². The molecular formula is C13H23NO. The van der Waals surface area contributed by atoms with Crippen molar-refractivity contribution >= 4 is 5.91 Å². The summed E-state index contributed by atoms with van der Waals surface area (Å²) in [6, 6.07) is 0. The molecule has 1 heterocycles. The molecule has 86 valence electrons. The highest BCUT2D eigenvalue weighted by Crippen LogP contribution is 2.56. The molecule has 1 aliphatic carbocycles. The third-order valence-electron chi connectivity index (χ3n) is 3.86. The first-order valence-corrected chi connectivity index (χ1v) is 5.99. The zero-order valence-corrected chi connectivity index (χ0v) is 10.4. The normalized spacial score (nSPS) is 31.6. The van der Waals surface area contributed by atoms with Gasteiger partial charge in [0.1, 0.15) is 0 Å². The molecule has 1 N–H and O–H groups in total. The predicted octanol–water partition coefficient (Wildman–Crippen LogP) is 2.73. The molecule has 1 saturated heterocycles. The molecule has 2 fully saturated rings. The second-order valence-corrected chi connectivity index (χ2v) is 7.31. The second kappa shape index (κ2) is 2.99. The molecule has 2 rings (SSSR count). The van der Waals surface area contributed by atoms with E-state index in [1.165, 1.54) is 19.3 Å². The van der Waals surface area contributed by atoms with Crippen molar-refractivity contribution in [3.8, 4) is 0 Å². The number of rotatable bonds is 0. The molecule has 2 nitrogen and oxygen atoms in total. The summed E-state index contributed by atoms with van der Waals surface area (Å²) in [6.07, 6.45) is 4.42. The molecule has 1 amide bonds. The highest BCUT2D eigenvalue weighted by atomic mass is 16.1. The van der Waals surface area contributed by atoms with Crippen molar-refractivity contribution < 1.29 is 4.79 Å². The minimum absolute atomic E-state index is 0.252. The molecule has 0 atom stereocenters. The molecule has 2 heteroatoms. The molecule has 0 aromatic rings. The fourth-order valence-electron chi connectivity index (χ4n) is 4.52. The summed E-state index contributed by atoms with van der Waals surface area (Å²) in [5.41, 5.74) is 1.02. The van der Waals surface area contributed by atoms with Gasteiger partial charge in [-0.1, -0.05) is 27.7 Å². The predicted molar refractivity (Wildman–Crippen MR) is 61.5 cm³/mol. The van der Waals surface area contributed by atoms with Gasteiger partial charge in [0.05, 0.1) is 0 Å². The highest BCUT2D eigenvalue weighted by Gasteiger charge is 2.50. The van der Waals surface area contributed by atoms with E-state index in [1.807, 2.05) is 0 Å². The number of nitrogens with one attached hydrogen (secondary N) is 1. The van der Waals surface area contributed by atoms with Crippen LogP contribution in [0.25, 0.3) is 0 Å². The molecule has 0 bridgehead atoms. The molecule has 2 aliphatic rings. The molecule has 1 aliphatic heterocycles. The van der Waals surface area contributed by atoms with Crippen molar-refractivity contribution in [3.05, 3.63) is 0 Å². The lowest BCUT2D eigenvalue weighted by Crippen LogP contribution is -2.42. The Morgan fingerprint density at radius 1 is 1.00 bits per heavy atom. The summed E-state index contributed by atoms with van der Waals surface area (Å²) in [5.74, 6) is 0.253. The van der Waals surface area contributed by atoms with Crippen molar-refractivity contribution in [2.75, 3.05) is 6.54 Å². The Morgan fingerprint density at radius 2 is 1.53 bits per heavy atom. The highest BCUT2D eigenvalue weighted by molar-refractivity contribution is 5.79. The quantitative estimate of drug-likeness (QED) is 0.653. The third kappa shape index (κ3) is 2.19. The van der Waals surface area contributed by atoms with E-state index in [0.29, 0.717) is 10.8 Å². The van der Waals surface area contributed by atoms with Gasteiger partial charge in [0.25, 0.3) is 0 Å². The van der Waals surface area contributed by atoms with E-state index in [0.717, 1.165) is 13.0 Å². The number of hydrogen-bond acceptors (Lipinski definition) is 1. The minimum atomic E-state index is 0.252. The Kier molecular flexibility index (Phi) is 2.19. The first kappa shape index (κ1) is 11.0. The average molecular weight is 209 g/mol. The lowest BCUT2D eigenvalue weighted by Gasteiger charge is -2.50. The van der Waals surface area contributed by atoms with E-state index in [4.69, 9.17) is 0 Å². The maximum absolute atomic E-state index is 11.4. The summed E-state index contributed by atoms with van der Waals surface area (Å²) in [5, 5.41) is 3.02. The molecule has 0 aromatic carbocycles. The summed E-state index contributed by atoms with van der Waals surface area (Å²) in [4.78, 5) is 11.4. The van der Waals surface area contributed by atoms with E-state index >= 15 is 0 Å². The summed E-state index contributed by atoms with van der Waals surface area (Å²) < 4.78 is 0. The van der Waals surface area contributed by atoms with Crippen molar-refractivity contribution in [3.63, 3.8) is 0 Å². The molecule has 0 radical (unpaired) electrons. The van der Waals surface area contributed by atoms with Gasteiger partial charge in [0, 0.05) is 13.0 Å². The zero-order valence-electron chi connectivity index (χ0n) is 10.4. The Balaban J connectivity index is 2.23. The number of hydrogen-bond donors (Lipinski definition) is 1. The van der Waals surface area contributed by atoms with Gasteiger partial charge in [-0.2, -0.15) is 0 Å². The summed E-state index contributed by atoms with van der Waals surface area (Å²) >= 11 is 0. The van der Waals surface area contributed by atoms with E-state index in [2.05, 4.69) is 33.0 Å². The second-order valence-electron chi connectivity index (χ2n) is 7.31. The van der Waals surface area contributed by atoms with E-state index in [1.54, 1.807) is 0 Å². The van der Waals surface area contributed by atoms with E-state index < -0.39 is 0 Å². The lowest BCUT2D eigenvalue weighted by atomic mass is 9.55. The topological polar surface area (TPSA) is 29.1 Å². The van der Waals surface area contributed by atoms with Crippen LogP contribution >= 0.6 is 0 Å². The Labute approximate surface area is 92.8 Å². The monoisotopic (exact) mass is 209 g/mol. The number of amides is 1. The van der Waals surface area contributed by atoms with Crippen LogP contribution in [0.2, 0.25) is 0 Å². The fourth-order valence-corrected chi connectivity index (χ4v) is 4.52. The molecule has 1 saturated carbocycles. The smallest absolute Gasteiger partial charge is 0.220 e. The van der Waals surface area contributed by atoms with Gasteiger partial charge >= 0.3 is 0 Å².